The first-order valence-electron chi connectivity index (χ1n) is 11.9. The predicted molar refractivity (Wildman–Crippen MR) is 151 cm³/mol. The Bertz CT molecular complexity index is 1260. The van der Waals surface area contributed by atoms with Gasteiger partial charge < -0.3 is 0 Å². The first-order valence-corrected chi connectivity index (χ1v) is 14.1. The number of rotatable bonds is 2. The molecule has 0 fully saturated rings. The highest BCUT2D eigenvalue weighted by molar-refractivity contribution is 7.85. The second-order valence-corrected chi connectivity index (χ2v) is 14.4. The minimum atomic E-state index is -1.23. The van der Waals surface area contributed by atoms with Crippen LogP contribution in [0.3, 0.4) is 0 Å². The van der Waals surface area contributed by atoms with Crippen molar-refractivity contribution >= 4 is 44.8 Å². The van der Waals surface area contributed by atoms with Gasteiger partial charge >= 0.3 is 0 Å². The molecule has 2 aromatic carbocycles. The van der Waals surface area contributed by atoms with Crippen LogP contribution in [0, 0.1) is 13.1 Å². The van der Waals surface area contributed by atoms with Crippen molar-refractivity contribution in [2.75, 3.05) is 0 Å². The van der Waals surface area contributed by atoms with Crippen LogP contribution < -0.4 is 0 Å². The van der Waals surface area contributed by atoms with Crippen LogP contribution in [-0.2, 0) is 34.8 Å². The zero-order valence-electron chi connectivity index (χ0n) is 21.7. The topological polar surface area (TPSA) is 67.6 Å². The Balaban J connectivity index is 0.000000201. The number of fused-ring (bicyclic) bond motifs is 2. The Kier molecular flexibility index (Phi) is 8.44. The quantitative estimate of drug-likeness (QED) is 0.406. The van der Waals surface area contributed by atoms with Crippen molar-refractivity contribution in [3.8, 4) is 0 Å². The molecule has 0 saturated carbocycles. The maximum atomic E-state index is 12.0. The lowest BCUT2D eigenvalue weighted by atomic mass is 10.1. The average Bonchev–Trinajstić information content (AvgIpc) is 3.42. The molecule has 0 unspecified atom stereocenters. The molecular formula is C28H32N4O2S2. The molecule has 0 aliphatic heterocycles. The molecule has 0 aromatic heterocycles. The van der Waals surface area contributed by atoms with E-state index in [9.17, 15) is 8.42 Å². The van der Waals surface area contributed by atoms with E-state index in [0.717, 1.165) is 59.4 Å². The Labute approximate surface area is 219 Å². The fourth-order valence-corrected chi connectivity index (χ4v) is 5.17. The molecule has 36 heavy (non-hydrogen) atoms. The summed E-state index contributed by atoms with van der Waals surface area (Å²) in [5.41, 5.74) is 7.25. The zero-order chi connectivity index (χ0) is 26.7. The second kappa shape index (κ2) is 11.0. The molecule has 0 spiro atoms. The summed E-state index contributed by atoms with van der Waals surface area (Å²) in [6.45, 7) is 25.8. The van der Waals surface area contributed by atoms with Gasteiger partial charge in [0.05, 0.1) is 34.1 Å². The third-order valence-electron chi connectivity index (χ3n) is 5.82. The van der Waals surface area contributed by atoms with Gasteiger partial charge in [-0.05, 0) is 89.5 Å². The highest BCUT2D eigenvalue weighted by Crippen LogP contribution is 2.33. The van der Waals surface area contributed by atoms with E-state index < -0.39 is 22.0 Å². The van der Waals surface area contributed by atoms with Crippen LogP contribution in [0.1, 0.15) is 76.6 Å². The molecule has 6 nitrogen and oxygen atoms in total. The van der Waals surface area contributed by atoms with E-state index >= 15 is 0 Å². The van der Waals surface area contributed by atoms with Crippen molar-refractivity contribution in [2.45, 2.75) is 76.7 Å². The van der Waals surface area contributed by atoms with Crippen LogP contribution in [0.4, 0.5) is 11.4 Å². The monoisotopic (exact) mass is 520 g/mol. The lowest BCUT2D eigenvalue weighted by Gasteiger charge is -2.14. The van der Waals surface area contributed by atoms with Crippen LogP contribution in [0.2, 0.25) is 0 Å². The average molecular weight is 521 g/mol. The van der Waals surface area contributed by atoms with Crippen molar-refractivity contribution in [3.63, 3.8) is 0 Å². The smallest absolute Gasteiger partial charge is 0.191 e. The van der Waals surface area contributed by atoms with E-state index in [4.69, 9.17) is 13.1 Å². The molecule has 2 aliphatic rings. The third-order valence-corrected chi connectivity index (χ3v) is 8.69. The minimum absolute atomic E-state index is 0.340. The molecule has 0 amide bonds. The summed E-state index contributed by atoms with van der Waals surface area (Å²) in [4.78, 5) is 7.05. The van der Waals surface area contributed by atoms with E-state index in [-0.39, 0.29) is 9.49 Å². The molecule has 0 heterocycles. The Morgan fingerprint density at radius 1 is 0.667 bits per heavy atom. The predicted octanol–water partition coefficient (Wildman–Crippen LogP) is 6.87. The maximum absolute atomic E-state index is 12.0. The Morgan fingerprint density at radius 2 is 1.03 bits per heavy atom. The van der Waals surface area contributed by atoms with Gasteiger partial charge in [0, 0.05) is 0 Å². The lowest BCUT2D eigenvalue weighted by Crippen LogP contribution is -2.20. The number of hydrogen-bond donors (Lipinski definition) is 0. The van der Waals surface area contributed by atoms with Gasteiger partial charge in [0.2, 0.25) is 0 Å². The molecule has 4 rings (SSSR count). The lowest BCUT2D eigenvalue weighted by molar-refractivity contribution is 0.650. The van der Waals surface area contributed by atoms with Gasteiger partial charge in [-0.2, -0.15) is 8.80 Å². The van der Waals surface area contributed by atoms with Crippen LogP contribution >= 0.6 is 0 Å². The van der Waals surface area contributed by atoms with Crippen LogP contribution in [0.15, 0.2) is 45.2 Å². The van der Waals surface area contributed by atoms with Gasteiger partial charge in [0.15, 0.2) is 11.4 Å². The van der Waals surface area contributed by atoms with Crippen molar-refractivity contribution in [1.82, 2.24) is 0 Å². The largest absolute Gasteiger partial charge is 0.238 e. The first-order chi connectivity index (χ1) is 16.9. The minimum Gasteiger partial charge on any atom is -0.238 e. The van der Waals surface area contributed by atoms with Crippen LogP contribution in [-0.4, -0.2) is 29.3 Å². The maximum Gasteiger partial charge on any atom is 0.191 e. The second-order valence-electron chi connectivity index (χ2n) is 10.6. The molecule has 0 radical (unpaired) electrons. The third kappa shape index (κ3) is 6.24. The van der Waals surface area contributed by atoms with Crippen molar-refractivity contribution < 1.29 is 8.42 Å². The van der Waals surface area contributed by atoms with Crippen LogP contribution in [0.5, 0.6) is 0 Å². The van der Waals surface area contributed by atoms with Crippen LogP contribution in [0.25, 0.3) is 9.69 Å². The summed E-state index contributed by atoms with van der Waals surface area (Å²) in [7, 11) is -2.47. The van der Waals surface area contributed by atoms with Gasteiger partial charge in [-0.3, -0.25) is 0 Å². The summed E-state index contributed by atoms with van der Waals surface area (Å²) in [5.74, 6) is 0. The summed E-state index contributed by atoms with van der Waals surface area (Å²) < 4.78 is 32.1. The normalized spacial score (nSPS) is 18.4. The number of hydrogen-bond acceptors (Lipinski definition) is 2. The number of benzene rings is 2. The Hall–Kier alpha value is -2.94. The van der Waals surface area contributed by atoms with E-state index in [2.05, 4.69) is 18.5 Å². The summed E-state index contributed by atoms with van der Waals surface area (Å²) in [5, 5.41) is 0. The highest BCUT2D eigenvalue weighted by atomic mass is 32.2. The highest BCUT2D eigenvalue weighted by Gasteiger charge is 2.26. The van der Waals surface area contributed by atoms with Gasteiger partial charge in [-0.15, -0.1) is 0 Å². The standard InChI is InChI=1S/2C14H16N2OS/c2*1-14(2,3)18(17)16-13-9-8-11-10(13)6-5-7-12(11)15-4/h2*5-7H,8-9H2,1-3H3/t2*18-/m10/s1. The van der Waals surface area contributed by atoms with E-state index in [1.807, 2.05) is 77.9 Å². The molecule has 8 heteroatoms. The first kappa shape index (κ1) is 27.6. The Morgan fingerprint density at radius 3 is 1.33 bits per heavy atom. The molecule has 2 atom stereocenters. The molecule has 0 bridgehead atoms. The van der Waals surface area contributed by atoms with E-state index in [0.29, 0.717) is 11.4 Å². The van der Waals surface area contributed by atoms with E-state index in [1.165, 1.54) is 0 Å². The number of nitrogens with zero attached hydrogens (tertiary/aromatic N) is 4. The molecule has 188 valence electrons. The van der Waals surface area contributed by atoms with Gasteiger partial charge in [-0.25, -0.2) is 18.1 Å². The van der Waals surface area contributed by atoms with Crippen molar-refractivity contribution in [3.05, 3.63) is 81.5 Å². The fraction of sp³-hybridized carbons (Fsp3) is 0.429. The van der Waals surface area contributed by atoms with E-state index in [1.54, 1.807) is 0 Å². The van der Waals surface area contributed by atoms with Crippen molar-refractivity contribution in [2.24, 2.45) is 8.80 Å². The van der Waals surface area contributed by atoms with Gasteiger partial charge in [-0.1, -0.05) is 36.4 Å². The SMILES string of the molecule is [C-]#[N+]c1cccc2c1CCC2=N[S@@](=O)C(C)(C)C.[C-]#[N+]c1cccc2c1CCC2=N[S@](=O)C(C)(C)C. The molecule has 0 saturated heterocycles. The summed E-state index contributed by atoms with van der Waals surface area (Å²) >= 11 is 0. The van der Waals surface area contributed by atoms with Gasteiger partial charge in [0.1, 0.15) is 22.0 Å². The fourth-order valence-electron chi connectivity index (χ4n) is 3.84. The van der Waals surface area contributed by atoms with Crippen molar-refractivity contribution in [1.29, 1.82) is 0 Å². The van der Waals surface area contributed by atoms with Gasteiger partial charge in [0.25, 0.3) is 0 Å². The molecule has 0 N–H and O–H groups in total. The molecular weight excluding hydrogens is 488 g/mol. The molecule has 2 aliphatic carbocycles. The zero-order valence-corrected chi connectivity index (χ0v) is 23.3. The summed E-state index contributed by atoms with van der Waals surface area (Å²) in [6, 6.07) is 11.3. The summed E-state index contributed by atoms with van der Waals surface area (Å²) in [6.07, 6.45) is 3.22. The molecule has 2 aromatic rings.